The first-order valence-corrected chi connectivity index (χ1v) is 9.21. The Morgan fingerprint density at radius 2 is 2.19 bits per heavy atom. The van der Waals surface area contributed by atoms with E-state index in [-0.39, 0.29) is 5.91 Å². The quantitative estimate of drug-likeness (QED) is 0.532. The average Bonchev–Trinajstić information content (AvgIpc) is 3.38. The predicted octanol–water partition coefficient (Wildman–Crippen LogP) is 2.71. The van der Waals surface area contributed by atoms with E-state index in [4.69, 9.17) is 0 Å². The Bertz CT molecular complexity index is 1050. The Balaban J connectivity index is 1.31. The van der Waals surface area contributed by atoms with Gasteiger partial charge in [0.25, 0.3) is 5.91 Å². The van der Waals surface area contributed by atoms with Gasteiger partial charge in [-0.15, -0.1) is 11.3 Å². The molecule has 0 unspecified atom stereocenters. The third-order valence-electron chi connectivity index (χ3n) is 4.08. The minimum Gasteiger partial charge on any atom is -0.351 e. The molecule has 0 spiro atoms. The van der Waals surface area contributed by atoms with Gasteiger partial charge in [-0.1, -0.05) is 12.1 Å². The monoisotopic (exact) mass is 366 g/mol. The number of hydrogen-bond acceptors (Lipinski definition) is 5. The molecule has 0 bridgehead atoms. The van der Waals surface area contributed by atoms with Gasteiger partial charge in [-0.05, 0) is 18.6 Å². The highest BCUT2D eigenvalue weighted by Gasteiger charge is 2.12. The normalized spacial score (nSPS) is 11.1. The lowest BCUT2D eigenvalue weighted by Gasteiger charge is -2.05. The second-order valence-corrected chi connectivity index (χ2v) is 6.83. The first-order chi connectivity index (χ1) is 12.7. The summed E-state index contributed by atoms with van der Waals surface area (Å²) in [5, 5.41) is 9.64. The molecule has 0 radical (unpaired) electrons. The Morgan fingerprint density at radius 3 is 3.04 bits per heavy atom. The largest absolute Gasteiger partial charge is 0.351 e. The molecule has 4 rings (SSSR count). The first kappa shape index (κ1) is 16.5. The summed E-state index contributed by atoms with van der Waals surface area (Å²) in [5.74, 6) is -0.146. The van der Waals surface area contributed by atoms with E-state index in [1.54, 1.807) is 16.3 Å². The number of carbonyl (C=O) groups excluding carboxylic acids is 1. The van der Waals surface area contributed by atoms with Gasteiger partial charge in [0, 0.05) is 37.3 Å². The highest BCUT2D eigenvalue weighted by atomic mass is 32.1. The highest BCUT2D eigenvalue weighted by molar-refractivity contribution is 7.13. The van der Waals surface area contributed by atoms with Crippen LogP contribution in [0.15, 0.2) is 48.4 Å². The van der Waals surface area contributed by atoms with Gasteiger partial charge in [-0.25, -0.2) is 9.97 Å². The number of imidazole rings is 1. The molecule has 132 valence electrons. The van der Waals surface area contributed by atoms with Crippen LogP contribution in [0.1, 0.15) is 16.9 Å². The zero-order valence-corrected chi connectivity index (χ0v) is 15.1. The van der Waals surface area contributed by atoms with Crippen molar-refractivity contribution in [3.05, 3.63) is 54.1 Å². The number of rotatable bonds is 6. The second-order valence-electron chi connectivity index (χ2n) is 5.98. The molecule has 3 aromatic heterocycles. The van der Waals surface area contributed by atoms with Gasteiger partial charge in [0.1, 0.15) is 10.7 Å². The van der Waals surface area contributed by atoms with E-state index in [1.165, 1.54) is 11.3 Å². The van der Waals surface area contributed by atoms with Crippen LogP contribution in [0.4, 0.5) is 0 Å². The van der Waals surface area contributed by atoms with Crippen LogP contribution in [-0.2, 0) is 13.6 Å². The van der Waals surface area contributed by atoms with Crippen LogP contribution in [0.25, 0.3) is 21.6 Å². The van der Waals surface area contributed by atoms with Crippen molar-refractivity contribution in [2.45, 2.75) is 13.0 Å². The molecule has 1 amide bonds. The lowest BCUT2D eigenvalue weighted by atomic mass is 10.3. The molecule has 0 aliphatic rings. The summed E-state index contributed by atoms with van der Waals surface area (Å²) < 4.78 is 3.82. The van der Waals surface area contributed by atoms with Crippen LogP contribution in [0.5, 0.6) is 0 Å². The summed E-state index contributed by atoms with van der Waals surface area (Å²) in [6, 6.07) is 8.03. The van der Waals surface area contributed by atoms with Crippen molar-refractivity contribution in [3.8, 4) is 10.6 Å². The second kappa shape index (κ2) is 7.09. The standard InChI is InChI=1S/C18H18N6OS/c1-23-10-13(9-21-23)18-22-15(11-26-18)17(25)19-7-4-8-24-12-20-14-5-2-3-6-16(14)24/h2-3,5-6,9-12H,4,7-8H2,1H3,(H,19,25). The number of amides is 1. The van der Waals surface area contributed by atoms with E-state index in [2.05, 4.69) is 31.0 Å². The lowest BCUT2D eigenvalue weighted by Crippen LogP contribution is -2.25. The molecule has 0 aliphatic heterocycles. The van der Waals surface area contributed by atoms with Crippen molar-refractivity contribution in [2.24, 2.45) is 7.05 Å². The fraction of sp³-hybridized carbons (Fsp3) is 0.222. The molecular formula is C18H18N6OS. The zero-order chi connectivity index (χ0) is 17.9. The van der Waals surface area contributed by atoms with Crippen LogP contribution in [0, 0.1) is 0 Å². The summed E-state index contributed by atoms with van der Waals surface area (Å²) in [7, 11) is 1.86. The van der Waals surface area contributed by atoms with Gasteiger partial charge in [-0.3, -0.25) is 9.48 Å². The highest BCUT2D eigenvalue weighted by Crippen LogP contribution is 2.22. The summed E-state index contributed by atoms with van der Waals surface area (Å²) in [6.07, 6.45) is 6.30. The number of thiazole rings is 1. The molecule has 8 heteroatoms. The Kier molecular flexibility index (Phi) is 4.49. The maximum Gasteiger partial charge on any atom is 0.270 e. The van der Waals surface area contributed by atoms with Crippen molar-refractivity contribution < 1.29 is 4.79 Å². The molecule has 0 fully saturated rings. The molecule has 0 saturated carbocycles. The minimum absolute atomic E-state index is 0.146. The van der Waals surface area contributed by atoms with E-state index in [9.17, 15) is 4.79 Å². The third kappa shape index (κ3) is 3.36. The molecule has 1 aromatic carbocycles. The summed E-state index contributed by atoms with van der Waals surface area (Å²) in [6.45, 7) is 1.39. The van der Waals surface area contributed by atoms with E-state index in [0.717, 1.165) is 34.6 Å². The number of fused-ring (bicyclic) bond motifs is 1. The number of benzene rings is 1. The number of aromatic nitrogens is 5. The molecule has 7 nitrogen and oxygen atoms in total. The van der Waals surface area contributed by atoms with Crippen molar-refractivity contribution in [3.63, 3.8) is 0 Å². The number of para-hydroxylation sites is 2. The van der Waals surface area contributed by atoms with Gasteiger partial charge in [0.05, 0.1) is 23.6 Å². The van der Waals surface area contributed by atoms with Crippen molar-refractivity contribution in [1.29, 1.82) is 0 Å². The van der Waals surface area contributed by atoms with Gasteiger partial charge >= 0.3 is 0 Å². The van der Waals surface area contributed by atoms with Crippen LogP contribution in [-0.4, -0.2) is 36.8 Å². The molecular weight excluding hydrogens is 348 g/mol. The number of carbonyl (C=O) groups is 1. The lowest BCUT2D eigenvalue weighted by molar-refractivity contribution is 0.0948. The third-order valence-corrected chi connectivity index (χ3v) is 4.97. The number of nitrogens with one attached hydrogen (secondary N) is 1. The van der Waals surface area contributed by atoms with Gasteiger partial charge < -0.3 is 9.88 Å². The van der Waals surface area contributed by atoms with Crippen molar-refractivity contribution in [1.82, 2.24) is 29.6 Å². The van der Waals surface area contributed by atoms with E-state index in [1.807, 2.05) is 37.8 Å². The Labute approximate surface area is 154 Å². The van der Waals surface area contributed by atoms with Crippen LogP contribution in [0.2, 0.25) is 0 Å². The average molecular weight is 366 g/mol. The topological polar surface area (TPSA) is 77.6 Å². The maximum atomic E-state index is 12.3. The molecule has 0 aliphatic carbocycles. The fourth-order valence-electron chi connectivity index (χ4n) is 2.77. The molecule has 3 heterocycles. The smallest absolute Gasteiger partial charge is 0.270 e. The van der Waals surface area contributed by atoms with Gasteiger partial charge in [-0.2, -0.15) is 5.10 Å². The molecule has 4 aromatic rings. The first-order valence-electron chi connectivity index (χ1n) is 8.33. The van der Waals surface area contributed by atoms with Crippen LogP contribution < -0.4 is 5.32 Å². The predicted molar refractivity (Wildman–Crippen MR) is 101 cm³/mol. The Morgan fingerprint density at radius 1 is 1.31 bits per heavy atom. The molecule has 0 atom stereocenters. The van der Waals surface area contributed by atoms with Gasteiger partial charge in [0.2, 0.25) is 0 Å². The van der Waals surface area contributed by atoms with Crippen LogP contribution in [0.3, 0.4) is 0 Å². The SMILES string of the molecule is Cn1cc(-c2nc(C(=O)NCCCn3cnc4ccccc43)cs2)cn1. The van der Waals surface area contributed by atoms with Crippen molar-refractivity contribution >= 4 is 28.3 Å². The molecule has 0 saturated heterocycles. The van der Waals surface area contributed by atoms with E-state index < -0.39 is 0 Å². The number of hydrogen-bond donors (Lipinski definition) is 1. The minimum atomic E-state index is -0.146. The molecule has 1 N–H and O–H groups in total. The summed E-state index contributed by atoms with van der Waals surface area (Å²) in [5.41, 5.74) is 3.46. The summed E-state index contributed by atoms with van der Waals surface area (Å²) >= 11 is 1.45. The zero-order valence-electron chi connectivity index (χ0n) is 14.3. The molecule has 26 heavy (non-hydrogen) atoms. The number of aryl methyl sites for hydroxylation is 2. The van der Waals surface area contributed by atoms with Gasteiger partial charge in [0.15, 0.2) is 0 Å². The fourth-order valence-corrected chi connectivity index (χ4v) is 3.55. The van der Waals surface area contributed by atoms with Crippen molar-refractivity contribution in [2.75, 3.05) is 6.54 Å². The Hall–Kier alpha value is -3.00. The van der Waals surface area contributed by atoms with Crippen LogP contribution >= 0.6 is 11.3 Å². The van der Waals surface area contributed by atoms with E-state index >= 15 is 0 Å². The maximum absolute atomic E-state index is 12.3. The van der Waals surface area contributed by atoms with E-state index in [0.29, 0.717) is 12.2 Å². The summed E-state index contributed by atoms with van der Waals surface area (Å²) in [4.78, 5) is 21.0. The number of nitrogens with zero attached hydrogens (tertiary/aromatic N) is 5.